The van der Waals surface area contributed by atoms with Gasteiger partial charge in [0.2, 0.25) is 0 Å². The molecular formula is C17H13NO2. The number of rotatable bonds is 2. The van der Waals surface area contributed by atoms with Crippen LogP contribution in [0.15, 0.2) is 60.7 Å². The average Bonchev–Trinajstić information content (AvgIpc) is 2.46. The first-order valence-electron chi connectivity index (χ1n) is 6.28. The predicted molar refractivity (Wildman–Crippen MR) is 79.9 cm³/mol. The van der Waals surface area contributed by atoms with Crippen LogP contribution in [-0.2, 0) is 0 Å². The van der Waals surface area contributed by atoms with Gasteiger partial charge in [0.25, 0.3) is 0 Å². The largest absolute Gasteiger partial charge is 0.508 e. The summed E-state index contributed by atoms with van der Waals surface area (Å²) in [5, 5.41) is 11.4. The van der Waals surface area contributed by atoms with E-state index in [0.717, 1.165) is 10.8 Å². The molecule has 3 nitrogen and oxygen atoms in total. The van der Waals surface area contributed by atoms with Crippen molar-refractivity contribution in [2.45, 2.75) is 0 Å². The number of phenols is 1. The van der Waals surface area contributed by atoms with Crippen LogP contribution in [-0.4, -0.2) is 10.9 Å². The molecule has 0 aromatic heterocycles. The van der Waals surface area contributed by atoms with E-state index < -0.39 is 0 Å². The Bertz CT molecular complexity index is 809. The van der Waals surface area contributed by atoms with Gasteiger partial charge < -0.3 is 10.8 Å². The third-order valence-corrected chi connectivity index (χ3v) is 3.30. The maximum Gasteiger partial charge on any atom is 0.195 e. The lowest BCUT2D eigenvalue weighted by molar-refractivity contribution is 0.104. The molecule has 3 rings (SSSR count). The molecule has 3 N–H and O–H groups in total. The summed E-state index contributed by atoms with van der Waals surface area (Å²) in [5.74, 6) is -0.114. The molecule has 0 unspecified atom stereocenters. The summed E-state index contributed by atoms with van der Waals surface area (Å²) in [6.07, 6.45) is 0. The number of hydrogen-bond acceptors (Lipinski definition) is 3. The second-order valence-electron chi connectivity index (χ2n) is 4.63. The number of aromatic hydroxyl groups is 1. The number of nitrogen functional groups attached to an aromatic ring is 1. The zero-order valence-corrected chi connectivity index (χ0v) is 10.7. The number of carbonyl (C=O) groups is 1. The van der Waals surface area contributed by atoms with Crippen LogP contribution in [0.3, 0.4) is 0 Å². The zero-order chi connectivity index (χ0) is 14.1. The van der Waals surface area contributed by atoms with Gasteiger partial charge in [0.05, 0.1) is 0 Å². The highest BCUT2D eigenvalue weighted by Crippen LogP contribution is 2.27. The minimum Gasteiger partial charge on any atom is -0.508 e. The number of hydrogen-bond donors (Lipinski definition) is 2. The highest BCUT2D eigenvalue weighted by atomic mass is 16.3. The van der Waals surface area contributed by atoms with Crippen molar-refractivity contribution in [1.82, 2.24) is 0 Å². The number of para-hydroxylation sites is 1. The standard InChI is InChI=1S/C17H13NO2/c18-16-8-4-3-7-14(16)17(20)15-10-12(19)9-11-5-1-2-6-13(11)15/h1-10,19H,18H2. The van der Waals surface area contributed by atoms with E-state index in [0.29, 0.717) is 16.8 Å². The van der Waals surface area contributed by atoms with Gasteiger partial charge in [-0.25, -0.2) is 0 Å². The molecule has 0 fully saturated rings. The van der Waals surface area contributed by atoms with Gasteiger partial charge in [0.1, 0.15) is 5.75 Å². The Kier molecular flexibility index (Phi) is 2.88. The second-order valence-corrected chi connectivity index (χ2v) is 4.63. The predicted octanol–water partition coefficient (Wildman–Crippen LogP) is 3.36. The van der Waals surface area contributed by atoms with Crippen LogP contribution in [0.5, 0.6) is 5.75 Å². The number of benzene rings is 3. The molecule has 0 atom stereocenters. The fourth-order valence-electron chi connectivity index (χ4n) is 2.33. The highest BCUT2D eigenvalue weighted by molar-refractivity contribution is 6.18. The summed E-state index contributed by atoms with van der Waals surface area (Å²) in [7, 11) is 0. The lowest BCUT2D eigenvalue weighted by Gasteiger charge is -2.08. The molecule has 3 aromatic rings. The van der Waals surface area contributed by atoms with Crippen LogP contribution in [0.25, 0.3) is 10.8 Å². The molecule has 0 aliphatic carbocycles. The van der Waals surface area contributed by atoms with Gasteiger partial charge in [-0.05, 0) is 35.0 Å². The van der Waals surface area contributed by atoms with Gasteiger partial charge in [0.15, 0.2) is 5.78 Å². The molecule has 20 heavy (non-hydrogen) atoms. The smallest absolute Gasteiger partial charge is 0.195 e. The van der Waals surface area contributed by atoms with Crippen molar-refractivity contribution in [3.8, 4) is 5.75 Å². The SMILES string of the molecule is Nc1ccccc1C(=O)c1cc(O)cc2ccccc12. The lowest BCUT2D eigenvalue weighted by Crippen LogP contribution is -2.05. The van der Waals surface area contributed by atoms with E-state index in [1.54, 1.807) is 30.3 Å². The maximum atomic E-state index is 12.6. The maximum absolute atomic E-state index is 12.6. The summed E-state index contributed by atoms with van der Waals surface area (Å²) < 4.78 is 0. The minimum atomic E-state index is -0.185. The van der Waals surface area contributed by atoms with Crippen LogP contribution >= 0.6 is 0 Å². The Hall–Kier alpha value is -2.81. The number of anilines is 1. The Morgan fingerprint density at radius 2 is 1.60 bits per heavy atom. The average molecular weight is 263 g/mol. The first-order chi connectivity index (χ1) is 9.66. The Morgan fingerprint density at radius 3 is 2.40 bits per heavy atom. The molecule has 0 aliphatic rings. The van der Waals surface area contributed by atoms with Crippen molar-refractivity contribution in [2.75, 3.05) is 5.73 Å². The van der Waals surface area contributed by atoms with Crippen LogP contribution in [0.1, 0.15) is 15.9 Å². The summed E-state index contributed by atoms with van der Waals surface area (Å²) in [5.41, 5.74) is 7.20. The number of fused-ring (bicyclic) bond motifs is 1. The van der Waals surface area contributed by atoms with Crippen molar-refractivity contribution in [3.05, 3.63) is 71.8 Å². The summed E-state index contributed by atoms with van der Waals surface area (Å²) >= 11 is 0. The van der Waals surface area contributed by atoms with Gasteiger partial charge in [-0.3, -0.25) is 4.79 Å². The zero-order valence-electron chi connectivity index (χ0n) is 10.7. The van der Waals surface area contributed by atoms with E-state index in [9.17, 15) is 9.90 Å². The van der Waals surface area contributed by atoms with Gasteiger partial charge in [-0.15, -0.1) is 0 Å². The molecule has 98 valence electrons. The third-order valence-electron chi connectivity index (χ3n) is 3.30. The molecule has 0 spiro atoms. The van der Waals surface area contributed by atoms with Gasteiger partial charge >= 0.3 is 0 Å². The lowest BCUT2D eigenvalue weighted by atomic mass is 9.96. The number of phenolic OH excluding ortho intramolecular Hbond substituents is 1. The molecule has 0 bridgehead atoms. The topological polar surface area (TPSA) is 63.3 Å². The van der Waals surface area contributed by atoms with Gasteiger partial charge in [-0.2, -0.15) is 0 Å². The monoisotopic (exact) mass is 263 g/mol. The van der Waals surface area contributed by atoms with E-state index in [2.05, 4.69) is 0 Å². The van der Waals surface area contributed by atoms with E-state index in [4.69, 9.17) is 5.73 Å². The van der Waals surface area contributed by atoms with Crippen molar-refractivity contribution in [1.29, 1.82) is 0 Å². The Balaban J connectivity index is 2.24. The van der Waals surface area contributed by atoms with E-state index in [1.807, 2.05) is 24.3 Å². The van der Waals surface area contributed by atoms with Crippen molar-refractivity contribution < 1.29 is 9.90 Å². The third kappa shape index (κ3) is 1.99. The highest BCUT2D eigenvalue weighted by Gasteiger charge is 2.15. The fourth-order valence-corrected chi connectivity index (χ4v) is 2.33. The number of carbonyl (C=O) groups excluding carboxylic acids is 1. The molecule has 0 heterocycles. The van der Waals surface area contributed by atoms with Gasteiger partial charge in [0, 0.05) is 16.8 Å². The second kappa shape index (κ2) is 4.70. The van der Waals surface area contributed by atoms with Crippen LogP contribution in [0.2, 0.25) is 0 Å². The fraction of sp³-hybridized carbons (Fsp3) is 0. The molecule has 3 heteroatoms. The van der Waals surface area contributed by atoms with Crippen molar-refractivity contribution >= 4 is 22.2 Å². The van der Waals surface area contributed by atoms with E-state index >= 15 is 0 Å². The van der Waals surface area contributed by atoms with Crippen LogP contribution in [0, 0.1) is 0 Å². The first-order valence-corrected chi connectivity index (χ1v) is 6.28. The van der Waals surface area contributed by atoms with Crippen LogP contribution < -0.4 is 5.73 Å². The first kappa shape index (κ1) is 12.2. The number of ketones is 1. The van der Waals surface area contributed by atoms with E-state index in [-0.39, 0.29) is 11.5 Å². The van der Waals surface area contributed by atoms with Gasteiger partial charge in [-0.1, -0.05) is 36.4 Å². The van der Waals surface area contributed by atoms with Crippen LogP contribution in [0.4, 0.5) is 5.69 Å². The molecule has 0 radical (unpaired) electrons. The molecule has 0 amide bonds. The summed E-state index contributed by atoms with van der Waals surface area (Å²) in [4.78, 5) is 12.6. The molecular weight excluding hydrogens is 250 g/mol. The number of nitrogens with two attached hydrogens (primary N) is 1. The van der Waals surface area contributed by atoms with Crippen molar-refractivity contribution in [2.24, 2.45) is 0 Å². The minimum absolute atomic E-state index is 0.0709. The molecule has 0 saturated heterocycles. The molecule has 0 saturated carbocycles. The summed E-state index contributed by atoms with van der Waals surface area (Å²) in [6.45, 7) is 0. The van der Waals surface area contributed by atoms with Crippen molar-refractivity contribution in [3.63, 3.8) is 0 Å². The molecule has 0 aliphatic heterocycles. The normalized spacial score (nSPS) is 10.6. The summed E-state index contributed by atoms with van der Waals surface area (Å²) in [6, 6.07) is 17.5. The Morgan fingerprint density at radius 1 is 0.900 bits per heavy atom. The molecule has 3 aromatic carbocycles. The van der Waals surface area contributed by atoms with E-state index in [1.165, 1.54) is 6.07 Å². The Labute approximate surface area is 116 Å². The quantitative estimate of drug-likeness (QED) is 0.550.